The van der Waals surface area contributed by atoms with Crippen LogP contribution in [0.25, 0.3) is 0 Å². The largest absolute Gasteiger partial charge is 0.492 e. The molecule has 0 fully saturated rings. The zero-order valence-corrected chi connectivity index (χ0v) is 8.11. The normalized spacial score (nSPS) is 9.86. The summed E-state index contributed by atoms with van der Waals surface area (Å²) in [4.78, 5) is 0. The average Bonchev–Trinajstić information content (AvgIpc) is 2.25. The maximum atomic E-state index is 5.31. The van der Waals surface area contributed by atoms with E-state index in [2.05, 4.69) is 0 Å². The van der Waals surface area contributed by atoms with Gasteiger partial charge in [0.2, 0.25) is 0 Å². The van der Waals surface area contributed by atoms with Gasteiger partial charge in [0.05, 0.1) is 0 Å². The lowest BCUT2D eigenvalue weighted by atomic mass is 10.3. The molecule has 0 aromatic heterocycles. The summed E-state index contributed by atoms with van der Waals surface area (Å²) in [5.41, 5.74) is 10.6. The molecule has 0 bridgehead atoms. The van der Waals surface area contributed by atoms with Crippen molar-refractivity contribution in [1.29, 1.82) is 0 Å². The summed E-state index contributed by atoms with van der Waals surface area (Å²) in [6, 6.07) is 7.39. The van der Waals surface area contributed by atoms with Crippen molar-refractivity contribution in [3.63, 3.8) is 0 Å². The van der Waals surface area contributed by atoms with E-state index in [1.807, 2.05) is 24.3 Å². The van der Waals surface area contributed by atoms with Crippen LogP contribution in [-0.2, 0) is 0 Å². The van der Waals surface area contributed by atoms with Gasteiger partial charge in [0.25, 0.3) is 0 Å². The van der Waals surface area contributed by atoms with E-state index in [0.29, 0.717) is 26.3 Å². The molecule has 0 radical (unpaired) electrons. The van der Waals surface area contributed by atoms with Crippen LogP contribution in [0.3, 0.4) is 0 Å². The molecular formula is C10H16N2O2. The fourth-order valence-corrected chi connectivity index (χ4v) is 0.986. The third kappa shape index (κ3) is 3.64. The van der Waals surface area contributed by atoms with Crippen molar-refractivity contribution in [2.45, 2.75) is 0 Å². The van der Waals surface area contributed by atoms with E-state index in [9.17, 15) is 0 Å². The summed E-state index contributed by atoms with van der Waals surface area (Å²) in [6.07, 6.45) is 0. The van der Waals surface area contributed by atoms with Crippen LogP contribution in [-0.4, -0.2) is 26.3 Å². The van der Waals surface area contributed by atoms with E-state index < -0.39 is 0 Å². The van der Waals surface area contributed by atoms with Crippen LogP contribution in [0.1, 0.15) is 0 Å². The summed E-state index contributed by atoms with van der Waals surface area (Å²) in [5.74, 6) is 1.60. The molecule has 4 heteroatoms. The van der Waals surface area contributed by atoms with E-state index in [4.69, 9.17) is 20.9 Å². The molecule has 0 saturated carbocycles. The van der Waals surface area contributed by atoms with Crippen LogP contribution in [0.15, 0.2) is 24.3 Å². The lowest BCUT2D eigenvalue weighted by Gasteiger charge is -2.06. The molecule has 0 amide bonds. The van der Waals surface area contributed by atoms with Crippen molar-refractivity contribution in [2.24, 2.45) is 11.5 Å². The molecule has 4 nitrogen and oxygen atoms in total. The summed E-state index contributed by atoms with van der Waals surface area (Å²) in [6.45, 7) is 2.10. The Morgan fingerprint density at radius 1 is 0.786 bits per heavy atom. The topological polar surface area (TPSA) is 70.5 Å². The minimum atomic E-state index is 0.519. The Balaban J connectivity index is 2.42. The molecule has 4 N–H and O–H groups in total. The molecule has 0 heterocycles. The zero-order chi connectivity index (χ0) is 10.2. The predicted octanol–water partition coefficient (Wildman–Crippen LogP) is 0.362. The Labute approximate surface area is 83.8 Å². The summed E-state index contributed by atoms with van der Waals surface area (Å²) < 4.78 is 10.6. The van der Waals surface area contributed by atoms with Crippen LogP contribution >= 0.6 is 0 Å². The molecule has 1 aromatic rings. The van der Waals surface area contributed by atoms with Crippen molar-refractivity contribution >= 4 is 0 Å². The smallest absolute Gasteiger partial charge is 0.119 e. The third-order valence-electron chi connectivity index (χ3n) is 1.60. The van der Waals surface area contributed by atoms with E-state index in [1.165, 1.54) is 0 Å². The maximum absolute atomic E-state index is 5.31. The van der Waals surface area contributed by atoms with Crippen molar-refractivity contribution in [3.05, 3.63) is 24.3 Å². The molecule has 14 heavy (non-hydrogen) atoms. The molecule has 78 valence electrons. The number of ether oxygens (including phenoxy) is 2. The minimum Gasteiger partial charge on any atom is -0.492 e. The molecule has 0 aliphatic carbocycles. The minimum absolute atomic E-state index is 0.519. The lowest BCUT2D eigenvalue weighted by molar-refractivity contribution is 0.319. The highest BCUT2D eigenvalue weighted by molar-refractivity contribution is 5.31. The molecule has 0 aliphatic rings. The quantitative estimate of drug-likeness (QED) is 0.689. The van der Waals surface area contributed by atoms with Gasteiger partial charge in [-0.15, -0.1) is 0 Å². The van der Waals surface area contributed by atoms with E-state index in [1.54, 1.807) is 0 Å². The van der Waals surface area contributed by atoms with Gasteiger partial charge in [-0.25, -0.2) is 0 Å². The first-order valence-corrected chi connectivity index (χ1v) is 4.62. The maximum Gasteiger partial charge on any atom is 0.119 e. The van der Waals surface area contributed by atoms with Crippen molar-refractivity contribution in [1.82, 2.24) is 0 Å². The average molecular weight is 196 g/mol. The van der Waals surface area contributed by atoms with Crippen molar-refractivity contribution in [3.8, 4) is 11.5 Å². The van der Waals surface area contributed by atoms with Gasteiger partial charge in [-0.05, 0) is 24.3 Å². The van der Waals surface area contributed by atoms with Gasteiger partial charge in [0.15, 0.2) is 0 Å². The molecule has 1 aromatic carbocycles. The third-order valence-corrected chi connectivity index (χ3v) is 1.60. The Morgan fingerprint density at radius 3 is 1.43 bits per heavy atom. The van der Waals surface area contributed by atoms with Gasteiger partial charge in [-0.1, -0.05) is 0 Å². The first-order chi connectivity index (χ1) is 6.86. The van der Waals surface area contributed by atoms with E-state index in [-0.39, 0.29) is 0 Å². The first-order valence-electron chi connectivity index (χ1n) is 4.62. The lowest BCUT2D eigenvalue weighted by Crippen LogP contribution is -2.11. The summed E-state index contributed by atoms with van der Waals surface area (Å²) in [7, 11) is 0. The molecule has 0 unspecified atom stereocenters. The molecular weight excluding hydrogens is 180 g/mol. The Kier molecular flexibility index (Phi) is 4.82. The van der Waals surface area contributed by atoms with Gasteiger partial charge in [-0.3, -0.25) is 0 Å². The van der Waals surface area contributed by atoms with Crippen LogP contribution in [0.4, 0.5) is 0 Å². The fourth-order valence-electron chi connectivity index (χ4n) is 0.986. The fraction of sp³-hybridized carbons (Fsp3) is 0.400. The molecule has 0 spiro atoms. The van der Waals surface area contributed by atoms with Crippen LogP contribution in [0.2, 0.25) is 0 Å². The number of hydrogen-bond donors (Lipinski definition) is 2. The standard InChI is InChI=1S/C10H16N2O2/c11-5-7-13-9-1-2-10(4-3-9)14-8-6-12/h1-4H,5-8,11-12H2. The highest BCUT2D eigenvalue weighted by Gasteiger charge is 1.94. The number of rotatable bonds is 6. The molecule has 0 atom stereocenters. The molecule has 0 aliphatic heterocycles. The second-order valence-corrected chi connectivity index (χ2v) is 2.75. The monoisotopic (exact) mass is 196 g/mol. The van der Waals surface area contributed by atoms with Gasteiger partial charge < -0.3 is 20.9 Å². The van der Waals surface area contributed by atoms with E-state index in [0.717, 1.165) is 11.5 Å². The number of nitrogens with two attached hydrogens (primary N) is 2. The first kappa shape index (κ1) is 10.8. The van der Waals surface area contributed by atoms with Gasteiger partial charge in [-0.2, -0.15) is 0 Å². The second-order valence-electron chi connectivity index (χ2n) is 2.75. The number of hydrogen-bond acceptors (Lipinski definition) is 4. The van der Waals surface area contributed by atoms with E-state index >= 15 is 0 Å². The van der Waals surface area contributed by atoms with Gasteiger partial charge >= 0.3 is 0 Å². The predicted molar refractivity (Wildman–Crippen MR) is 55.5 cm³/mol. The molecule has 0 saturated heterocycles. The van der Waals surface area contributed by atoms with Crippen molar-refractivity contribution in [2.75, 3.05) is 26.3 Å². The van der Waals surface area contributed by atoms with Crippen LogP contribution < -0.4 is 20.9 Å². The highest BCUT2D eigenvalue weighted by atomic mass is 16.5. The van der Waals surface area contributed by atoms with Gasteiger partial charge in [0.1, 0.15) is 24.7 Å². The van der Waals surface area contributed by atoms with Crippen LogP contribution in [0.5, 0.6) is 11.5 Å². The summed E-state index contributed by atoms with van der Waals surface area (Å²) in [5, 5.41) is 0. The highest BCUT2D eigenvalue weighted by Crippen LogP contribution is 2.17. The Hall–Kier alpha value is -1.26. The van der Waals surface area contributed by atoms with Crippen LogP contribution in [0, 0.1) is 0 Å². The van der Waals surface area contributed by atoms with Crippen molar-refractivity contribution < 1.29 is 9.47 Å². The summed E-state index contributed by atoms with van der Waals surface area (Å²) >= 11 is 0. The zero-order valence-electron chi connectivity index (χ0n) is 8.11. The number of benzene rings is 1. The SMILES string of the molecule is NCCOc1ccc(OCCN)cc1. The Morgan fingerprint density at radius 2 is 1.14 bits per heavy atom. The molecule has 1 rings (SSSR count). The Bertz CT molecular complexity index is 222. The van der Waals surface area contributed by atoms with Gasteiger partial charge in [0, 0.05) is 13.1 Å². The second kappa shape index (κ2) is 6.23.